The lowest BCUT2D eigenvalue weighted by Gasteiger charge is -2.09. The van der Waals surface area contributed by atoms with E-state index in [-0.39, 0.29) is 21.9 Å². The number of nitrogens with zero attached hydrogens (tertiary/aromatic N) is 1. The highest BCUT2D eigenvalue weighted by molar-refractivity contribution is 7.90. The molecule has 0 saturated carbocycles. The van der Waals surface area contributed by atoms with Crippen molar-refractivity contribution in [3.63, 3.8) is 0 Å². The fourth-order valence-electron chi connectivity index (χ4n) is 2.09. The molecule has 0 unspecified atom stereocenters. The third-order valence-electron chi connectivity index (χ3n) is 3.17. The van der Waals surface area contributed by atoms with Gasteiger partial charge in [0.25, 0.3) is 5.69 Å². The Labute approximate surface area is 128 Å². The van der Waals surface area contributed by atoms with Crippen LogP contribution in [0.2, 0.25) is 0 Å². The number of benzene rings is 2. The van der Waals surface area contributed by atoms with Crippen LogP contribution >= 0.6 is 0 Å². The van der Waals surface area contributed by atoms with Crippen LogP contribution in [-0.4, -0.2) is 20.5 Å². The third kappa shape index (κ3) is 3.43. The minimum Gasteiger partial charge on any atom is -0.496 e. The summed E-state index contributed by atoms with van der Waals surface area (Å²) >= 11 is 0. The standard InChI is InChI=1S/C15H15NO5S/c1-11-4-3-5-14(8-11)22(19,20)10-12-9-13(16(17)18)6-7-15(12)21-2/h3-9H,10H2,1-2H3. The predicted molar refractivity (Wildman–Crippen MR) is 81.7 cm³/mol. The van der Waals surface area contributed by atoms with E-state index in [0.717, 1.165) is 5.56 Å². The largest absolute Gasteiger partial charge is 0.496 e. The van der Waals surface area contributed by atoms with Crippen molar-refractivity contribution < 1.29 is 18.1 Å². The topological polar surface area (TPSA) is 86.5 Å². The molecule has 0 spiro atoms. The first-order chi connectivity index (χ1) is 10.3. The number of hydrogen-bond acceptors (Lipinski definition) is 5. The number of non-ortho nitro benzene ring substituents is 1. The molecule has 0 heterocycles. The number of hydrogen-bond donors (Lipinski definition) is 0. The maximum Gasteiger partial charge on any atom is 0.270 e. The van der Waals surface area contributed by atoms with E-state index >= 15 is 0 Å². The van der Waals surface area contributed by atoms with E-state index in [1.807, 2.05) is 0 Å². The Morgan fingerprint density at radius 2 is 1.91 bits per heavy atom. The van der Waals surface area contributed by atoms with Crippen LogP contribution in [0.15, 0.2) is 47.4 Å². The number of methoxy groups -OCH3 is 1. The summed E-state index contributed by atoms with van der Waals surface area (Å²) in [7, 11) is -2.22. The number of sulfone groups is 1. The maximum atomic E-state index is 12.5. The minimum atomic E-state index is -3.61. The van der Waals surface area contributed by atoms with Gasteiger partial charge in [0.05, 0.1) is 22.7 Å². The quantitative estimate of drug-likeness (QED) is 0.624. The molecule has 7 heteroatoms. The number of nitro benzene ring substituents is 1. The van der Waals surface area contributed by atoms with Crippen LogP contribution in [0.25, 0.3) is 0 Å². The fourth-order valence-corrected chi connectivity index (χ4v) is 3.54. The normalized spacial score (nSPS) is 11.2. The van der Waals surface area contributed by atoms with Crippen LogP contribution in [0.4, 0.5) is 5.69 Å². The van der Waals surface area contributed by atoms with Crippen molar-refractivity contribution in [2.45, 2.75) is 17.6 Å². The molecule has 0 radical (unpaired) electrons. The monoisotopic (exact) mass is 321 g/mol. The van der Waals surface area contributed by atoms with Crippen molar-refractivity contribution in [3.05, 3.63) is 63.7 Å². The molecule has 0 aliphatic carbocycles. The van der Waals surface area contributed by atoms with E-state index in [4.69, 9.17) is 4.74 Å². The van der Waals surface area contributed by atoms with Crippen LogP contribution in [0.1, 0.15) is 11.1 Å². The summed E-state index contributed by atoms with van der Waals surface area (Å²) in [5, 5.41) is 10.8. The van der Waals surface area contributed by atoms with Gasteiger partial charge in [-0.25, -0.2) is 8.42 Å². The molecule has 116 valence electrons. The maximum absolute atomic E-state index is 12.5. The van der Waals surface area contributed by atoms with Crippen molar-refractivity contribution in [2.75, 3.05) is 7.11 Å². The summed E-state index contributed by atoms with van der Waals surface area (Å²) < 4.78 is 30.1. The Kier molecular flexibility index (Phi) is 4.46. The number of aryl methyl sites for hydroxylation is 1. The zero-order chi connectivity index (χ0) is 16.3. The molecule has 0 aromatic heterocycles. The van der Waals surface area contributed by atoms with Crippen molar-refractivity contribution in [1.29, 1.82) is 0 Å². The lowest BCUT2D eigenvalue weighted by molar-refractivity contribution is -0.384. The predicted octanol–water partition coefficient (Wildman–Crippen LogP) is 2.89. The molecule has 0 atom stereocenters. The van der Waals surface area contributed by atoms with Crippen molar-refractivity contribution >= 4 is 15.5 Å². The van der Waals surface area contributed by atoms with Crippen LogP contribution in [0.3, 0.4) is 0 Å². The summed E-state index contributed by atoms with van der Waals surface area (Å²) in [6.45, 7) is 1.80. The van der Waals surface area contributed by atoms with Crippen LogP contribution in [0.5, 0.6) is 5.75 Å². The second-order valence-corrected chi connectivity index (χ2v) is 6.82. The first-order valence-electron chi connectivity index (χ1n) is 6.44. The molecular formula is C15H15NO5S. The molecule has 2 aromatic rings. The van der Waals surface area contributed by atoms with Gasteiger partial charge in [0.15, 0.2) is 9.84 Å². The summed E-state index contributed by atoms with van der Waals surface area (Å²) in [5.74, 6) is -0.0526. The molecule has 0 bridgehead atoms. The first-order valence-corrected chi connectivity index (χ1v) is 8.09. The van der Waals surface area contributed by atoms with E-state index in [2.05, 4.69) is 0 Å². The average molecular weight is 321 g/mol. The lowest BCUT2D eigenvalue weighted by atomic mass is 10.2. The lowest BCUT2D eigenvalue weighted by Crippen LogP contribution is -2.07. The van der Waals surface area contributed by atoms with Crippen molar-refractivity contribution in [3.8, 4) is 5.75 Å². The van der Waals surface area contributed by atoms with Gasteiger partial charge in [0.2, 0.25) is 0 Å². The van der Waals surface area contributed by atoms with Gasteiger partial charge in [-0.1, -0.05) is 12.1 Å². The Bertz CT molecular complexity index is 814. The van der Waals surface area contributed by atoms with Crippen molar-refractivity contribution in [1.82, 2.24) is 0 Å². The third-order valence-corrected chi connectivity index (χ3v) is 4.83. The van der Waals surface area contributed by atoms with Gasteiger partial charge < -0.3 is 4.74 Å². The van der Waals surface area contributed by atoms with E-state index in [0.29, 0.717) is 5.75 Å². The number of rotatable bonds is 5. The SMILES string of the molecule is COc1ccc([N+](=O)[O-])cc1CS(=O)(=O)c1cccc(C)c1. The zero-order valence-electron chi connectivity index (χ0n) is 12.1. The summed E-state index contributed by atoms with van der Waals surface area (Å²) in [5.41, 5.74) is 0.917. The molecule has 0 saturated heterocycles. The van der Waals surface area contributed by atoms with E-state index in [1.54, 1.807) is 25.1 Å². The Morgan fingerprint density at radius 1 is 1.18 bits per heavy atom. The first kappa shape index (κ1) is 16.0. The van der Waals surface area contributed by atoms with Gasteiger partial charge >= 0.3 is 0 Å². The summed E-state index contributed by atoms with van der Waals surface area (Å²) in [6.07, 6.45) is 0. The smallest absolute Gasteiger partial charge is 0.270 e. The Morgan fingerprint density at radius 3 is 2.50 bits per heavy atom. The van der Waals surface area contributed by atoms with Crippen LogP contribution in [0, 0.1) is 17.0 Å². The molecule has 22 heavy (non-hydrogen) atoms. The van der Waals surface area contributed by atoms with Crippen LogP contribution in [-0.2, 0) is 15.6 Å². The molecule has 0 aliphatic heterocycles. The molecule has 0 fully saturated rings. The Balaban J connectivity index is 2.44. The Hall–Kier alpha value is -2.41. The molecular weight excluding hydrogens is 306 g/mol. The van der Waals surface area contributed by atoms with E-state index in [9.17, 15) is 18.5 Å². The van der Waals surface area contributed by atoms with Crippen LogP contribution < -0.4 is 4.74 Å². The molecule has 0 amide bonds. The highest BCUT2D eigenvalue weighted by Gasteiger charge is 2.20. The molecule has 2 aromatic carbocycles. The van der Waals surface area contributed by atoms with Gasteiger partial charge in [-0.05, 0) is 30.7 Å². The van der Waals surface area contributed by atoms with Gasteiger partial charge in [0, 0.05) is 17.7 Å². The molecule has 2 rings (SSSR count). The zero-order valence-corrected chi connectivity index (χ0v) is 13.0. The second kappa shape index (κ2) is 6.15. The average Bonchev–Trinajstić information content (AvgIpc) is 2.46. The molecule has 6 nitrogen and oxygen atoms in total. The summed E-state index contributed by atoms with van der Waals surface area (Å²) in [4.78, 5) is 10.5. The number of nitro groups is 1. The van der Waals surface area contributed by atoms with Gasteiger partial charge in [0.1, 0.15) is 5.75 Å². The highest BCUT2D eigenvalue weighted by Crippen LogP contribution is 2.28. The van der Waals surface area contributed by atoms with E-state index < -0.39 is 14.8 Å². The van der Waals surface area contributed by atoms with Crippen molar-refractivity contribution in [2.24, 2.45) is 0 Å². The minimum absolute atomic E-state index is 0.171. The highest BCUT2D eigenvalue weighted by atomic mass is 32.2. The second-order valence-electron chi connectivity index (χ2n) is 4.83. The number of ether oxygens (including phenoxy) is 1. The molecule has 0 aliphatic rings. The fraction of sp³-hybridized carbons (Fsp3) is 0.200. The van der Waals surface area contributed by atoms with Gasteiger partial charge in [-0.2, -0.15) is 0 Å². The van der Waals surface area contributed by atoms with Gasteiger partial charge in [-0.15, -0.1) is 0 Å². The van der Waals surface area contributed by atoms with E-state index in [1.165, 1.54) is 31.4 Å². The molecule has 0 N–H and O–H groups in total. The van der Waals surface area contributed by atoms with Gasteiger partial charge in [-0.3, -0.25) is 10.1 Å². The summed E-state index contributed by atoms with van der Waals surface area (Å²) in [6, 6.07) is 10.4.